The van der Waals surface area contributed by atoms with E-state index >= 15 is 0 Å². The van der Waals surface area contributed by atoms with Gasteiger partial charge in [0.25, 0.3) is 5.56 Å². The molecule has 0 aliphatic heterocycles. The number of aryl methyl sites for hydroxylation is 1. The smallest absolute Gasteiger partial charge is 0.350 e. The molecule has 1 amide bonds. The van der Waals surface area contributed by atoms with Gasteiger partial charge in [-0.05, 0) is 64.9 Å². The van der Waals surface area contributed by atoms with E-state index in [1.165, 1.54) is 42.2 Å². The van der Waals surface area contributed by atoms with E-state index in [0.717, 1.165) is 9.24 Å². The zero-order chi connectivity index (χ0) is 25.8. The van der Waals surface area contributed by atoms with Crippen LogP contribution in [-0.4, -0.2) is 35.4 Å². The van der Waals surface area contributed by atoms with Crippen molar-refractivity contribution >= 4 is 29.1 Å². The second-order valence-electron chi connectivity index (χ2n) is 7.70. The van der Waals surface area contributed by atoms with Crippen LogP contribution in [0.5, 0.6) is 0 Å². The minimum atomic E-state index is -0.764. The standard InChI is InChI=1S/C22H19Cl2FN8O3/c1-13-6-21(35)33(28-10-14-8-17(25)3-4-18(14)24)22(36)31(13)11-20(34)26-9-15-7-16(23)2-5-19(15)32-12-27-29-30-32/h2-8,12,28H,9-11H2,1H3,(H,26,34). The number of benzene rings is 2. The van der Waals surface area contributed by atoms with Crippen molar-refractivity contribution < 1.29 is 9.18 Å². The molecule has 0 atom stereocenters. The first kappa shape index (κ1) is 25.1. The van der Waals surface area contributed by atoms with Crippen LogP contribution in [0.3, 0.4) is 0 Å². The molecular formula is C22H19Cl2FN8O3. The summed E-state index contributed by atoms with van der Waals surface area (Å²) in [5, 5.41) is 14.5. The molecule has 2 N–H and O–H groups in total. The fourth-order valence-corrected chi connectivity index (χ4v) is 3.83. The van der Waals surface area contributed by atoms with Crippen molar-refractivity contribution in [3.8, 4) is 5.69 Å². The summed E-state index contributed by atoms with van der Waals surface area (Å²) in [5.74, 6) is -0.995. The zero-order valence-corrected chi connectivity index (χ0v) is 20.3. The van der Waals surface area contributed by atoms with E-state index in [0.29, 0.717) is 27.5 Å². The van der Waals surface area contributed by atoms with Crippen molar-refractivity contribution in [3.05, 3.63) is 102 Å². The summed E-state index contributed by atoms with van der Waals surface area (Å²) in [6.45, 7) is 1.18. The Morgan fingerprint density at radius 1 is 1.06 bits per heavy atom. The molecule has 0 unspecified atom stereocenters. The maximum absolute atomic E-state index is 13.5. The lowest BCUT2D eigenvalue weighted by Crippen LogP contribution is -2.46. The van der Waals surface area contributed by atoms with Crippen LogP contribution in [0.1, 0.15) is 16.8 Å². The predicted molar refractivity (Wildman–Crippen MR) is 130 cm³/mol. The fraction of sp³-hybridized carbons (Fsp3) is 0.182. The summed E-state index contributed by atoms with van der Waals surface area (Å²) in [6.07, 6.45) is 1.41. The average Bonchev–Trinajstić information content (AvgIpc) is 3.37. The molecule has 36 heavy (non-hydrogen) atoms. The van der Waals surface area contributed by atoms with Crippen LogP contribution in [0.15, 0.2) is 58.4 Å². The molecule has 0 saturated carbocycles. The van der Waals surface area contributed by atoms with Gasteiger partial charge < -0.3 is 10.7 Å². The van der Waals surface area contributed by atoms with Gasteiger partial charge in [0.15, 0.2) is 0 Å². The number of nitrogens with one attached hydrogen (secondary N) is 2. The van der Waals surface area contributed by atoms with Gasteiger partial charge >= 0.3 is 5.69 Å². The molecule has 0 radical (unpaired) electrons. The van der Waals surface area contributed by atoms with Gasteiger partial charge in [0.05, 0.1) is 12.2 Å². The molecule has 186 valence electrons. The fourth-order valence-electron chi connectivity index (χ4n) is 3.45. The van der Waals surface area contributed by atoms with Crippen molar-refractivity contribution in [1.29, 1.82) is 0 Å². The molecule has 2 heterocycles. The van der Waals surface area contributed by atoms with E-state index in [1.807, 2.05) is 0 Å². The lowest BCUT2D eigenvalue weighted by atomic mass is 10.1. The van der Waals surface area contributed by atoms with Crippen LogP contribution in [0.4, 0.5) is 4.39 Å². The Labute approximate surface area is 213 Å². The number of hydrogen-bond donors (Lipinski definition) is 2. The van der Waals surface area contributed by atoms with Crippen LogP contribution in [0.25, 0.3) is 5.69 Å². The Morgan fingerprint density at radius 3 is 2.61 bits per heavy atom. The maximum atomic E-state index is 13.5. The molecule has 14 heteroatoms. The highest BCUT2D eigenvalue weighted by atomic mass is 35.5. The Bertz CT molecular complexity index is 1540. The first-order valence-corrected chi connectivity index (χ1v) is 11.3. The molecule has 0 saturated heterocycles. The van der Waals surface area contributed by atoms with Crippen LogP contribution in [0.2, 0.25) is 10.0 Å². The molecule has 11 nitrogen and oxygen atoms in total. The van der Waals surface area contributed by atoms with Crippen LogP contribution in [0, 0.1) is 12.7 Å². The Hall–Kier alpha value is -4.03. The molecule has 0 bridgehead atoms. The van der Waals surface area contributed by atoms with E-state index in [1.54, 1.807) is 18.2 Å². The van der Waals surface area contributed by atoms with E-state index in [4.69, 9.17) is 23.2 Å². The number of hydrogen-bond acceptors (Lipinski definition) is 7. The van der Waals surface area contributed by atoms with E-state index < -0.39 is 23.0 Å². The van der Waals surface area contributed by atoms with Crippen LogP contribution >= 0.6 is 23.2 Å². The third-order valence-corrected chi connectivity index (χ3v) is 5.86. The Balaban J connectivity index is 1.50. The maximum Gasteiger partial charge on any atom is 0.350 e. The van der Waals surface area contributed by atoms with Gasteiger partial charge in [-0.1, -0.05) is 23.2 Å². The van der Waals surface area contributed by atoms with Crippen molar-refractivity contribution in [1.82, 2.24) is 34.8 Å². The van der Waals surface area contributed by atoms with Gasteiger partial charge in [-0.25, -0.2) is 13.9 Å². The highest BCUT2D eigenvalue weighted by molar-refractivity contribution is 6.31. The topological polar surface area (TPSA) is 129 Å². The summed E-state index contributed by atoms with van der Waals surface area (Å²) in [7, 11) is 0. The number of nitrogens with zero attached hydrogens (tertiary/aromatic N) is 6. The summed E-state index contributed by atoms with van der Waals surface area (Å²) in [6, 6.07) is 10.0. The van der Waals surface area contributed by atoms with Crippen LogP contribution in [-0.2, 0) is 24.4 Å². The molecule has 4 rings (SSSR count). The minimum absolute atomic E-state index is 0.0817. The average molecular weight is 533 g/mol. The number of aromatic nitrogens is 6. The zero-order valence-electron chi connectivity index (χ0n) is 18.8. The third kappa shape index (κ3) is 5.61. The van der Waals surface area contributed by atoms with Gasteiger partial charge in [-0.3, -0.25) is 14.2 Å². The SMILES string of the molecule is Cc1cc(=O)n(NCc2cc(F)ccc2Cl)c(=O)n1CC(=O)NCc1cc(Cl)ccc1-n1cnnn1. The predicted octanol–water partition coefficient (Wildman–Crippen LogP) is 1.80. The first-order chi connectivity index (χ1) is 17.2. The molecule has 0 spiro atoms. The van der Waals surface area contributed by atoms with Gasteiger partial charge in [0.2, 0.25) is 5.91 Å². The highest BCUT2D eigenvalue weighted by Crippen LogP contribution is 2.19. The Kier molecular flexibility index (Phi) is 7.46. The lowest BCUT2D eigenvalue weighted by molar-refractivity contribution is -0.121. The number of carbonyl (C=O) groups excluding carboxylic acids is 1. The molecule has 2 aromatic carbocycles. The molecular weight excluding hydrogens is 514 g/mol. The lowest BCUT2D eigenvalue weighted by Gasteiger charge is -2.15. The van der Waals surface area contributed by atoms with Gasteiger partial charge in [0.1, 0.15) is 18.7 Å². The van der Waals surface area contributed by atoms with Crippen LogP contribution < -0.4 is 22.0 Å². The summed E-state index contributed by atoms with van der Waals surface area (Å²) < 4.78 is 16.8. The minimum Gasteiger partial charge on any atom is -0.350 e. The quantitative estimate of drug-likeness (QED) is 0.354. The Morgan fingerprint density at radius 2 is 1.86 bits per heavy atom. The van der Waals surface area contributed by atoms with Crippen molar-refractivity contribution in [3.63, 3.8) is 0 Å². The van der Waals surface area contributed by atoms with Crippen molar-refractivity contribution in [2.45, 2.75) is 26.6 Å². The molecule has 0 aliphatic carbocycles. The van der Waals surface area contributed by atoms with E-state index in [9.17, 15) is 18.8 Å². The number of tetrazole rings is 1. The summed E-state index contributed by atoms with van der Waals surface area (Å²) >= 11 is 12.2. The highest BCUT2D eigenvalue weighted by Gasteiger charge is 2.14. The van der Waals surface area contributed by atoms with Crippen molar-refractivity contribution in [2.24, 2.45) is 0 Å². The van der Waals surface area contributed by atoms with Gasteiger partial charge in [0, 0.05) is 28.4 Å². The number of amides is 1. The monoisotopic (exact) mass is 532 g/mol. The number of carbonyl (C=O) groups is 1. The summed E-state index contributed by atoms with van der Waals surface area (Å²) in [4.78, 5) is 38.1. The van der Waals surface area contributed by atoms with E-state index in [-0.39, 0.29) is 24.7 Å². The molecule has 0 aliphatic rings. The number of rotatable bonds is 8. The third-order valence-electron chi connectivity index (χ3n) is 5.25. The second-order valence-corrected chi connectivity index (χ2v) is 8.55. The normalized spacial score (nSPS) is 10.9. The number of halogens is 3. The largest absolute Gasteiger partial charge is 0.350 e. The summed E-state index contributed by atoms with van der Waals surface area (Å²) in [5.41, 5.74) is 3.16. The van der Waals surface area contributed by atoms with Gasteiger partial charge in [-0.2, -0.15) is 4.68 Å². The molecule has 4 aromatic rings. The van der Waals surface area contributed by atoms with E-state index in [2.05, 4.69) is 26.3 Å². The first-order valence-electron chi connectivity index (χ1n) is 10.5. The second kappa shape index (κ2) is 10.7. The van der Waals surface area contributed by atoms with Crippen molar-refractivity contribution in [2.75, 3.05) is 5.43 Å². The molecule has 2 aromatic heterocycles. The molecule has 0 fully saturated rings. The van der Waals surface area contributed by atoms with Gasteiger partial charge in [-0.15, -0.1) is 5.10 Å².